The number of rotatable bonds is 3. The Bertz CT molecular complexity index is 573. The Morgan fingerprint density at radius 3 is 2.79 bits per heavy atom. The van der Waals surface area contributed by atoms with E-state index in [0.29, 0.717) is 6.42 Å². The largest absolute Gasteiger partial charge is 0.325 e. The Labute approximate surface area is 121 Å². The van der Waals surface area contributed by atoms with Gasteiger partial charge in [-0.2, -0.15) is 0 Å². The van der Waals surface area contributed by atoms with Crippen molar-refractivity contribution in [3.8, 4) is 0 Å². The van der Waals surface area contributed by atoms with Gasteiger partial charge in [0.2, 0.25) is 5.91 Å². The molecule has 0 bridgehead atoms. The van der Waals surface area contributed by atoms with Crippen LogP contribution in [0.15, 0.2) is 41.1 Å². The van der Waals surface area contributed by atoms with E-state index in [9.17, 15) is 4.79 Å². The minimum Gasteiger partial charge on any atom is -0.325 e. The molecule has 0 aliphatic carbocycles. The van der Waals surface area contributed by atoms with Crippen LogP contribution in [0.25, 0.3) is 0 Å². The molecule has 1 N–H and O–H groups in total. The highest BCUT2D eigenvalue weighted by Gasteiger charge is 2.09. The quantitative estimate of drug-likeness (QED) is 0.938. The Morgan fingerprint density at radius 2 is 2.16 bits per heavy atom. The first-order valence-corrected chi connectivity index (χ1v) is 6.81. The number of benzene rings is 1. The van der Waals surface area contributed by atoms with E-state index in [1.807, 2.05) is 38.1 Å². The van der Waals surface area contributed by atoms with Crippen LogP contribution >= 0.6 is 15.9 Å². The standard InChI is InChI=1S/C15H15BrN2O/c1-10-6-11(2)15(13(16)7-10)18-14(19)8-12-4-3-5-17-9-12/h3-7,9H,8H2,1-2H3,(H,18,19). The van der Waals surface area contributed by atoms with Crippen LogP contribution in [0.4, 0.5) is 5.69 Å². The zero-order valence-electron chi connectivity index (χ0n) is 10.9. The van der Waals surface area contributed by atoms with Gasteiger partial charge >= 0.3 is 0 Å². The van der Waals surface area contributed by atoms with E-state index in [2.05, 4.69) is 26.2 Å². The maximum atomic E-state index is 12.0. The maximum absolute atomic E-state index is 12.0. The third kappa shape index (κ3) is 3.64. The van der Waals surface area contributed by atoms with Gasteiger partial charge < -0.3 is 5.32 Å². The van der Waals surface area contributed by atoms with Gasteiger partial charge in [-0.3, -0.25) is 9.78 Å². The topological polar surface area (TPSA) is 42.0 Å². The number of hydrogen-bond acceptors (Lipinski definition) is 2. The second kappa shape index (κ2) is 5.97. The van der Waals surface area contributed by atoms with Crippen LogP contribution in [0.5, 0.6) is 0 Å². The molecular weight excluding hydrogens is 304 g/mol. The molecule has 0 aliphatic heterocycles. The SMILES string of the molecule is Cc1cc(C)c(NC(=O)Cc2cccnc2)c(Br)c1. The Balaban J connectivity index is 2.12. The van der Waals surface area contributed by atoms with Crippen molar-refractivity contribution < 1.29 is 4.79 Å². The van der Waals surface area contributed by atoms with Gasteiger partial charge in [0, 0.05) is 16.9 Å². The number of pyridine rings is 1. The minimum atomic E-state index is -0.0411. The lowest BCUT2D eigenvalue weighted by Crippen LogP contribution is -2.15. The van der Waals surface area contributed by atoms with Crippen LogP contribution in [0.1, 0.15) is 16.7 Å². The molecule has 0 radical (unpaired) electrons. The fourth-order valence-electron chi connectivity index (χ4n) is 1.95. The highest BCUT2D eigenvalue weighted by atomic mass is 79.9. The van der Waals surface area contributed by atoms with Crippen molar-refractivity contribution in [1.29, 1.82) is 0 Å². The fourth-order valence-corrected chi connectivity index (χ4v) is 2.72. The first-order valence-electron chi connectivity index (χ1n) is 6.02. The fraction of sp³-hybridized carbons (Fsp3) is 0.200. The van der Waals surface area contributed by atoms with E-state index in [0.717, 1.165) is 26.9 Å². The summed E-state index contributed by atoms with van der Waals surface area (Å²) in [6, 6.07) is 7.76. The number of anilines is 1. The first kappa shape index (κ1) is 13.7. The Hall–Kier alpha value is -1.68. The number of aryl methyl sites for hydroxylation is 2. The highest BCUT2D eigenvalue weighted by Crippen LogP contribution is 2.27. The summed E-state index contributed by atoms with van der Waals surface area (Å²) in [6.07, 6.45) is 3.73. The zero-order valence-corrected chi connectivity index (χ0v) is 12.5. The van der Waals surface area contributed by atoms with Crippen LogP contribution in [0.2, 0.25) is 0 Å². The van der Waals surface area contributed by atoms with Crippen LogP contribution in [-0.4, -0.2) is 10.9 Å². The monoisotopic (exact) mass is 318 g/mol. The van der Waals surface area contributed by atoms with Gasteiger partial charge in [-0.15, -0.1) is 0 Å². The second-order valence-corrected chi connectivity index (χ2v) is 5.38. The maximum Gasteiger partial charge on any atom is 0.228 e. The van der Waals surface area contributed by atoms with Gasteiger partial charge in [-0.05, 0) is 58.6 Å². The normalized spacial score (nSPS) is 10.3. The lowest BCUT2D eigenvalue weighted by atomic mass is 10.1. The van der Waals surface area contributed by atoms with Gasteiger partial charge in [0.1, 0.15) is 0 Å². The number of nitrogens with one attached hydrogen (secondary N) is 1. The average molecular weight is 319 g/mol. The van der Waals surface area contributed by atoms with Crippen molar-refractivity contribution in [2.45, 2.75) is 20.3 Å². The molecule has 98 valence electrons. The van der Waals surface area contributed by atoms with E-state index in [-0.39, 0.29) is 5.91 Å². The molecule has 0 spiro atoms. The molecule has 0 saturated carbocycles. The summed E-state index contributed by atoms with van der Waals surface area (Å²) >= 11 is 3.48. The van der Waals surface area contributed by atoms with Crippen molar-refractivity contribution >= 4 is 27.5 Å². The second-order valence-electron chi connectivity index (χ2n) is 4.52. The first-order chi connectivity index (χ1) is 9.06. The molecule has 3 nitrogen and oxygen atoms in total. The van der Waals surface area contributed by atoms with E-state index in [1.54, 1.807) is 12.4 Å². The average Bonchev–Trinajstić information content (AvgIpc) is 2.35. The lowest BCUT2D eigenvalue weighted by molar-refractivity contribution is -0.115. The molecule has 0 saturated heterocycles. The molecule has 19 heavy (non-hydrogen) atoms. The highest BCUT2D eigenvalue weighted by molar-refractivity contribution is 9.10. The van der Waals surface area contributed by atoms with E-state index >= 15 is 0 Å². The van der Waals surface area contributed by atoms with Gasteiger partial charge in [-0.1, -0.05) is 12.1 Å². The van der Waals surface area contributed by atoms with Gasteiger partial charge in [0.15, 0.2) is 0 Å². The molecule has 1 amide bonds. The van der Waals surface area contributed by atoms with Gasteiger partial charge in [0.25, 0.3) is 0 Å². The summed E-state index contributed by atoms with van der Waals surface area (Å²) in [4.78, 5) is 16.0. The molecule has 4 heteroatoms. The van der Waals surface area contributed by atoms with Crippen molar-refractivity contribution in [2.24, 2.45) is 0 Å². The molecule has 1 aromatic carbocycles. The Morgan fingerprint density at radius 1 is 1.37 bits per heavy atom. The number of aromatic nitrogens is 1. The molecule has 0 aliphatic rings. The molecule has 2 aromatic rings. The molecule has 1 aromatic heterocycles. The summed E-state index contributed by atoms with van der Waals surface area (Å²) < 4.78 is 0.907. The van der Waals surface area contributed by atoms with Crippen molar-refractivity contribution in [1.82, 2.24) is 4.98 Å². The summed E-state index contributed by atoms with van der Waals surface area (Å²) in [7, 11) is 0. The summed E-state index contributed by atoms with van der Waals surface area (Å²) in [6.45, 7) is 4.01. The van der Waals surface area contributed by atoms with E-state index < -0.39 is 0 Å². The van der Waals surface area contributed by atoms with Crippen LogP contribution in [0.3, 0.4) is 0 Å². The van der Waals surface area contributed by atoms with Crippen molar-refractivity contribution in [2.75, 3.05) is 5.32 Å². The van der Waals surface area contributed by atoms with Crippen LogP contribution in [0, 0.1) is 13.8 Å². The van der Waals surface area contributed by atoms with E-state index in [1.165, 1.54) is 0 Å². The van der Waals surface area contributed by atoms with Crippen molar-refractivity contribution in [3.05, 3.63) is 57.8 Å². The number of nitrogens with zero attached hydrogens (tertiary/aromatic N) is 1. The smallest absolute Gasteiger partial charge is 0.228 e. The third-order valence-electron chi connectivity index (χ3n) is 2.78. The van der Waals surface area contributed by atoms with Gasteiger partial charge in [0.05, 0.1) is 12.1 Å². The number of carbonyl (C=O) groups excluding carboxylic acids is 1. The summed E-state index contributed by atoms with van der Waals surface area (Å²) in [5.41, 5.74) is 3.95. The zero-order chi connectivity index (χ0) is 13.8. The number of halogens is 1. The molecule has 1 heterocycles. The van der Waals surface area contributed by atoms with Crippen LogP contribution < -0.4 is 5.32 Å². The number of hydrogen-bond donors (Lipinski definition) is 1. The molecular formula is C15H15BrN2O. The predicted molar refractivity (Wildman–Crippen MR) is 80.2 cm³/mol. The summed E-state index contributed by atoms with van der Waals surface area (Å²) in [5, 5.41) is 2.94. The third-order valence-corrected chi connectivity index (χ3v) is 3.41. The van der Waals surface area contributed by atoms with Crippen molar-refractivity contribution in [3.63, 3.8) is 0 Å². The summed E-state index contributed by atoms with van der Waals surface area (Å²) in [5.74, 6) is -0.0411. The van der Waals surface area contributed by atoms with E-state index in [4.69, 9.17) is 0 Å². The van der Waals surface area contributed by atoms with Gasteiger partial charge in [-0.25, -0.2) is 0 Å². The minimum absolute atomic E-state index is 0.0411. The molecule has 0 fully saturated rings. The molecule has 2 rings (SSSR count). The predicted octanol–water partition coefficient (Wildman–Crippen LogP) is 3.64. The van der Waals surface area contributed by atoms with Crippen LogP contribution in [-0.2, 0) is 11.2 Å². The molecule has 0 unspecified atom stereocenters. The Kier molecular flexibility index (Phi) is 4.32. The number of amides is 1. The number of carbonyl (C=O) groups is 1. The molecule has 0 atom stereocenters. The lowest BCUT2D eigenvalue weighted by Gasteiger charge is -2.11.